The van der Waals surface area contributed by atoms with Crippen LogP contribution >= 0.6 is 0 Å². The van der Waals surface area contributed by atoms with E-state index in [2.05, 4.69) is 19.2 Å². The van der Waals surface area contributed by atoms with Crippen molar-refractivity contribution in [2.24, 2.45) is 11.7 Å². The Hall–Kier alpha value is -0.160. The van der Waals surface area contributed by atoms with Crippen LogP contribution < -0.4 is 11.1 Å². The van der Waals surface area contributed by atoms with Gasteiger partial charge in [-0.15, -0.1) is 0 Å². The van der Waals surface area contributed by atoms with Gasteiger partial charge in [0.15, 0.2) is 6.29 Å². The molecule has 0 aromatic rings. The third kappa shape index (κ3) is 3.17. The van der Waals surface area contributed by atoms with Crippen LogP contribution in [0, 0.1) is 5.92 Å². The quantitative estimate of drug-likeness (QED) is 0.671. The fourth-order valence-corrected chi connectivity index (χ4v) is 2.64. The highest BCUT2D eigenvalue weighted by molar-refractivity contribution is 4.93. The number of methoxy groups -OCH3 is 2. The van der Waals surface area contributed by atoms with E-state index in [1.165, 1.54) is 19.3 Å². The van der Waals surface area contributed by atoms with Gasteiger partial charge in [0, 0.05) is 26.8 Å². The monoisotopic (exact) mass is 230 g/mol. The van der Waals surface area contributed by atoms with E-state index in [4.69, 9.17) is 15.2 Å². The van der Waals surface area contributed by atoms with Crippen LogP contribution in [0.4, 0.5) is 0 Å². The largest absolute Gasteiger partial charge is 0.354 e. The summed E-state index contributed by atoms with van der Waals surface area (Å²) in [5, 5.41) is 3.60. The van der Waals surface area contributed by atoms with Crippen LogP contribution in [0.1, 0.15) is 33.1 Å². The smallest absolute Gasteiger partial charge is 0.175 e. The Morgan fingerprint density at radius 2 is 2.00 bits per heavy atom. The van der Waals surface area contributed by atoms with Crippen LogP contribution in [0.5, 0.6) is 0 Å². The van der Waals surface area contributed by atoms with Crippen molar-refractivity contribution in [1.29, 1.82) is 0 Å². The van der Waals surface area contributed by atoms with Crippen LogP contribution in [-0.2, 0) is 9.47 Å². The van der Waals surface area contributed by atoms with Crippen LogP contribution in [0.25, 0.3) is 0 Å². The molecule has 0 heterocycles. The van der Waals surface area contributed by atoms with Crippen LogP contribution in [0.15, 0.2) is 0 Å². The fraction of sp³-hybridized carbons (Fsp3) is 1.00. The highest BCUT2D eigenvalue weighted by Crippen LogP contribution is 2.27. The van der Waals surface area contributed by atoms with Gasteiger partial charge < -0.3 is 20.5 Å². The lowest BCUT2D eigenvalue weighted by molar-refractivity contribution is -0.151. The molecule has 0 amide bonds. The van der Waals surface area contributed by atoms with E-state index in [1.54, 1.807) is 14.2 Å². The number of nitrogens with two attached hydrogens (primary N) is 1. The second-order valence-corrected chi connectivity index (χ2v) is 5.18. The molecule has 3 atom stereocenters. The van der Waals surface area contributed by atoms with Crippen LogP contribution in [0.3, 0.4) is 0 Å². The van der Waals surface area contributed by atoms with Crippen molar-refractivity contribution in [3.63, 3.8) is 0 Å². The minimum Gasteiger partial charge on any atom is -0.354 e. The zero-order valence-electron chi connectivity index (χ0n) is 11.0. The molecular weight excluding hydrogens is 204 g/mol. The molecule has 0 radical (unpaired) electrons. The molecule has 0 aromatic carbocycles. The average Bonchev–Trinajstić information content (AvgIpc) is 2.65. The molecule has 0 aliphatic heterocycles. The molecule has 0 aromatic heterocycles. The van der Waals surface area contributed by atoms with Gasteiger partial charge in [-0.05, 0) is 32.1 Å². The molecule has 96 valence electrons. The topological polar surface area (TPSA) is 56.5 Å². The lowest BCUT2D eigenvalue weighted by atomic mass is 9.99. The minimum absolute atomic E-state index is 0.298. The van der Waals surface area contributed by atoms with Gasteiger partial charge in [-0.3, -0.25) is 0 Å². The van der Waals surface area contributed by atoms with Gasteiger partial charge in [-0.1, -0.05) is 6.92 Å². The summed E-state index contributed by atoms with van der Waals surface area (Å²) < 4.78 is 10.7. The summed E-state index contributed by atoms with van der Waals surface area (Å²) in [5.74, 6) is 0.808. The summed E-state index contributed by atoms with van der Waals surface area (Å²) in [4.78, 5) is 0. The van der Waals surface area contributed by atoms with E-state index in [9.17, 15) is 0 Å². The molecule has 4 heteroatoms. The molecule has 3 N–H and O–H groups in total. The van der Waals surface area contributed by atoms with Crippen molar-refractivity contribution in [1.82, 2.24) is 5.32 Å². The number of hydrogen-bond donors (Lipinski definition) is 2. The molecular formula is C12H26N2O2. The Bertz CT molecular complexity index is 209. The fourth-order valence-electron chi connectivity index (χ4n) is 2.64. The van der Waals surface area contributed by atoms with E-state index in [-0.39, 0.29) is 11.8 Å². The Kier molecular flexibility index (Phi) is 5.18. The Morgan fingerprint density at radius 1 is 1.38 bits per heavy atom. The summed E-state index contributed by atoms with van der Waals surface area (Å²) in [5.41, 5.74) is 5.54. The molecule has 16 heavy (non-hydrogen) atoms. The number of nitrogens with one attached hydrogen (secondary N) is 1. The van der Waals surface area contributed by atoms with Crippen molar-refractivity contribution in [3.05, 3.63) is 0 Å². The first-order chi connectivity index (χ1) is 7.55. The van der Waals surface area contributed by atoms with E-state index >= 15 is 0 Å². The molecule has 3 unspecified atom stereocenters. The Morgan fingerprint density at radius 3 is 2.38 bits per heavy atom. The van der Waals surface area contributed by atoms with Crippen molar-refractivity contribution in [2.75, 3.05) is 20.8 Å². The van der Waals surface area contributed by atoms with Gasteiger partial charge in [0.25, 0.3) is 0 Å². The molecule has 1 aliphatic carbocycles. The molecule has 1 aliphatic rings. The maximum Gasteiger partial charge on any atom is 0.175 e. The molecule has 4 nitrogen and oxygen atoms in total. The van der Waals surface area contributed by atoms with Crippen molar-refractivity contribution in [2.45, 2.75) is 51.0 Å². The lowest BCUT2D eigenvalue weighted by Crippen LogP contribution is -2.61. The predicted molar refractivity (Wildman–Crippen MR) is 65.2 cm³/mol. The standard InChI is InChI=1S/C12H26N2O2/c1-9-5-6-10(7-9)14-12(2,8-13)11(15-3)16-4/h9-11,14H,5-8,13H2,1-4H3. The van der Waals surface area contributed by atoms with Crippen molar-refractivity contribution >= 4 is 0 Å². The molecule has 1 rings (SSSR count). The third-order valence-electron chi connectivity index (χ3n) is 3.60. The van der Waals surface area contributed by atoms with Gasteiger partial charge in [0.2, 0.25) is 0 Å². The van der Waals surface area contributed by atoms with Gasteiger partial charge in [-0.2, -0.15) is 0 Å². The third-order valence-corrected chi connectivity index (χ3v) is 3.60. The van der Waals surface area contributed by atoms with Crippen molar-refractivity contribution < 1.29 is 9.47 Å². The Labute approximate surface area is 98.9 Å². The van der Waals surface area contributed by atoms with Gasteiger partial charge in [0.1, 0.15) is 0 Å². The zero-order valence-corrected chi connectivity index (χ0v) is 11.0. The Balaban J connectivity index is 2.58. The second-order valence-electron chi connectivity index (χ2n) is 5.18. The van der Waals surface area contributed by atoms with E-state index < -0.39 is 0 Å². The number of ether oxygens (including phenoxy) is 2. The highest BCUT2D eigenvalue weighted by atomic mass is 16.7. The molecule has 1 fully saturated rings. The normalized spacial score (nSPS) is 29.6. The van der Waals surface area contributed by atoms with Gasteiger partial charge >= 0.3 is 0 Å². The van der Waals surface area contributed by atoms with Crippen molar-refractivity contribution in [3.8, 4) is 0 Å². The minimum atomic E-state index is -0.307. The van der Waals surface area contributed by atoms with E-state index in [0.29, 0.717) is 12.6 Å². The summed E-state index contributed by atoms with van der Waals surface area (Å²) in [6.07, 6.45) is 3.43. The van der Waals surface area contributed by atoms with E-state index in [1.807, 2.05) is 0 Å². The summed E-state index contributed by atoms with van der Waals surface area (Å²) >= 11 is 0. The average molecular weight is 230 g/mol. The SMILES string of the molecule is COC(OC)C(C)(CN)NC1CCC(C)C1. The zero-order chi connectivity index (χ0) is 12.2. The summed E-state index contributed by atoms with van der Waals surface area (Å²) in [6, 6.07) is 0.538. The molecule has 0 saturated heterocycles. The molecule has 0 bridgehead atoms. The summed E-state index contributed by atoms with van der Waals surface area (Å²) in [7, 11) is 3.31. The molecule has 1 saturated carbocycles. The van der Waals surface area contributed by atoms with Gasteiger partial charge in [0.05, 0.1) is 5.54 Å². The molecule has 0 spiro atoms. The van der Waals surface area contributed by atoms with Crippen LogP contribution in [-0.4, -0.2) is 38.6 Å². The van der Waals surface area contributed by atoms with E-state index in [0.717, 1.165) is 5.92 Å². The first kappa shape index (κ1) is 13.9. The summed E-state index contributed by atoms with van der Waals surface area (Å²) in [6.45, 7) is 4.86. The van der Waals surface area contributed by atoms with Gasteiger partial charge in [-0.25, -0.2) is 0 Å². The predicted octanol–water partition coefficient (Wildman–Crippen LogP) is 1.10. The number of hydrogen-bond acceptors (Lipinski definition) is 4. The lowest BCUT2D eigenvalue weighted by Gasteiger charge is -2.38. The maximum atomic E-state index is 5.85. The highest BCUT2D eigenvalue weighted by Gasteiger charge is 2.37. The van der Waals surface area contributed by atoms with Crippen LogP contribution in [0.2, 0.25) is 0 Å². The first-order valence-electron chi connectivity index (χ1n) is 6.09. The second kappa shape index (κ2) is 5.96. The number of rotatable bonds is 6. The first-order valence-corrected chi connectivity index (χ1v) is 6.09. The maximum absolute atomic E-state index is 5.85.